The smallest absolute Gasteiger partial charge is 0.0132 e. The summed E-state index contributed by atoms with van der Waals surface area (Å²) in [5.41, 5.74) is 8.06. The van der Waals surface area contributed by atoms with Crippen LogP contribution in [-0.4, -0.2) is 0 Å². The molecule has 0 aliphatic heterocycles. The summed E-state index contributed by atoms with van der Waals surface area (Å²) in [4.78, 5) is 2.35. The first-order valence-electron chi connectivity index (χ1n) is 4.50. The van der Waals surface area contributed by atoms with E-state index < -0.39 is 0 Å². The quantitative estimate of drug-likeness (QED) is 0.685. The van der Waals surface area contributed by atoms with Crippen LogP contribution in [0.15, 0.2) is 62.8 Å². The molecular weight excluding hydrogens is 326 g/mol. The van der Waals surface area contributed by atoms with E-state index in [1.165, 1.54) is 4.90 Å². The van der Waals surface area contributed by atoms with Gasteiger partial charge >= 0.3 is 0 Å². The molecule has 0 fully saturated rings. The molecule has 0 spiro atoms. The molecule has 0 aromatic heterocycles. The van der Waals surface area contributed by atoms with Gasteiger partial charge in [-0.05, 0) is 24.3 Å². The maximum Gasteiger partial charge on any atom is 0.0132 e. The van der Waals surface area contributed by atoms with E-state index in [-0.39, 0.29) is 17.1 Å². The SMILES string of the molecule is [Fe].[NH-]c1ccc(Sc2ccccc2)cc1Br. The van der Waals surface area contributed by atoms with Crippen LogP contribution in [0.4, 0.5) is 5.69 Å². The molecule has 0 unspecified atom stereocenters. The predicted molar refractivity (Wildman–Crippen MR) is 68.7 cm³/mol. The first-order valence-corrected chi connectivity index (χ1v) is 6.11. The van der Waals surface area contributed by atoms with Gasteiger partial charge in [0, 0.05) is 31.3 Å². The van der Waals surface area contributed by atoms with Gasteiger partial charge in [0.25, 0.3) is 0 Å². The van der Waals surface area contributed by atoms with Crippen molar-refractivity contribution in [3.63, 3.8) is 0 Å². The van der Waals surface area contributed by atoms with Gasteiger partial charge in [0.05, 0.1) is 0 Å². The first-order chi connectivity index (χ1) is 7.25. The monoisotopic (exact) mass is 334 g/mol. The summed E-state index contributed by atoms with van der Waals surface area (Å²) in [6.07, 6.45) is 0. The minimum absolute atomic E-state index is 0. The van der Waals surface area contributed by atoms with Crippen LogP contribution in [0.2, 0.25) is 0 Å². The number of rotatable bonds is 2. The number of hydrogen-bond donors (Lipinski definition) is 0. The molecule has 4 heteroatoms. The Labute approximate surface area is 118 Å². The average molecular weight is 335 g/mol. The fraction of sp³-hybridized carbons (Fsp3) is 0. The van der Waals surface area contributed by atoms with Gasteiger partial charge in [-0.2, -0.15) is 0 Å². The molecule has 2 aromatic rings. The van der Waals surface area contributed by atoms with E-state index in [4.69, 9.17) is 5.73 Å². The van der Waals surface area contributed by atoms with E-state index in [0.717, 1.165) is 9.37 Å². The van der Waals surface area contributed by atoms with E-state index in [1.54, 1.807) is 17.8 Å². The summed E-state index contributed by atoms with van der Waals surface area (Å²) in [6.45, 7) is 0. The Morgan fingerprint density at radius 2 is 1.62 bits per heavy atom. The third-order valence-electron chi connectivity index (χ3n) is 1.92. The maximum atomic E-state index is 7.54. The maximum absolute atomic E-state index is 7.54. The molecule has 1 N–H and O–H groups in total. The molecule has 16 heavy (non-hydrogen) atoms. The molecule has 0 saturated heterocycles. The first kappa shape index (κ1) is 13.7. The van der Waals surface area contributed by atoms with Crippen molar-refractivity contribution in [1.29, 1.82) is 0 Å². The Bertz CT molecular complexity index is 462. The van der Waals surface area contributed by atoms with E-state index >= 15 is 0 Å². The van der Waals surface area contributed by atoms with Gasteiger partial charge in [0.2, 0.25) is 0 Å². The Hall–Kier alpha value is -0.411. The van der Waals surface area contributed by atoms with Crippen molar-refractivity contribution in [2.24, 2.45) is 0 Å². The van der Waals surface area contributed by atoms with Crippen LogP contribution in [0.1, 0.15) is 0 Å². The minimum atomic E-state index is 0. The Morgan fingerprint density at radius 3 is 2.25 bits per heavy atom. The van der Waals surface area contributed by atoms with Crippen LogP contribution >= 0.6 is 27.7 Å². The molecule has 0 radical (unpaired) electrons. The van der Waals surface area contributed by atoms with Gasteiger partial charge in [-0.3, -0.25) is 0 Å². The largest absolute Gasteiger partial charge is 0.698 e. The topological polar surface area (TPSA) is 23.8 Å². The number of benzene rings is 2. The molecule has 2 rings (SSSR count). The van der Waals surface area contributed by atoms with Crippen LogP contribution in [0, 0.1) is 0 Å². The summed E-state index contributed by atoms with van der Waals surface area (Å²) in [5.74, 6) is 0. The molecule has 0 heterocycles. The van der Waals surface area contributed by atoms with Crippen molar-refractivity contribution in [1.82, 2.24) is 0 Å². The Balaban J connectivity index is 0.00000128. The second-order valence-corrected chi connectivity index (χ2v) is 5.06. The predicted octanol–water partition coefficient (Wildman–Crippen LogP) is 5.28. The number of halogens is 1. The molecule has 84 valence electrons. The van der Waals surface area contributed by atoms with Crippen LogP contribution in [0.25, 0.3) is 5.73 Å². The average Bonchev–Trinajstić information content (AvgIpc) is 2.25. The number of nitrogens with one attached hydrogen (secondary N) is 1. The van der Waals surface area contributed by atoms with Gasteiger partial charge in [-0.1, -0.05) is 52.0 Å². The molecule has 0 amide bonds. The van der Waals surface area contributed by atoms with Gasteiger partial charge < -0.3 is 5.73 Å². The van der Waals surface area contributed by atoms with Gasteiger partial charge in [-0.15, -0.1) is 5.69 Å². The third kappa shape index (κ3) is 3.56. The zero-order chi connectivity index (χ0) is 10.7. The summed E-state index contributed by atoms with van der Waals surface area (Å²) < 4.78 is 0.837. The van der Waals surface area contributed by atoms with Gasteiger partial charge in [0.15, 0.2) is 0 Å². The molecule has 0 atom stereocenters. The standard InChI is InChI=1S/C12H9BrNS.Fe/c13-11-8-10(6-7-12(11)14)15-9-4-2-1-3-5-9;/h1-8,14H;/q-1;. The second-order valence-electron chi connectivity index (χ2n) is 3.06. The van der Waals surface area contributed by atoms with Crippen molar-refractivity contribution in [2.75, 3.05) is 0 Å². The van der Waals surface area contributed by atoms with Crippen molar-refractivity contribution in [2.45, 2.75) is 9.79 Å². The molecular formula is C12H9BrFeNS-. The molecule has 0 aliphatic carbocycles. The van der Waals surface area contributed by atoms with Crippen molar-refractivity contribution in [3.05, 3.63) is 58.7 Å². The van der Waals surface area contributed by atoms with Crippen LogP contribution in [0.3, 0.4) is 0 Å². The summed E-state index contributed by atoms with van der Waals surface area (Å²) in [5, 5.41) is 0. The minimum Gasteiger partial charge on any atom is -0.698 e. The van der Waals surface area contributed by atoms with Crippen LogP contribution < -0.4 is 0 Å². The van der Waals surface area contributed by atoms with Crippen LogP contribution in [-0.2, 0) is 17.1 Å². The van der Waals surface area contributed by atoms with Crippen molar-refractivity contribution in [3.8, 4) is 0 Å². The normalized spacial score (nSPS) is 9.56. The Kier molecular flexibility index (Phi) is 5.42. The molecule has 1 nitrogen and oxygen atoms in total. The Morgan fingerprint density at radius 1 is 0.938 bits per heavy atom. The second kappa shape index (κ2) is 6.36. The molecule has 0 aliphatic rings. The third-order valence-corrected chi connectivity index (χ3v) is 3.57. The van der Waals surface area contributed by atoms with E-state index in [1.807, 2.05) is 30.3 Å². The zero-order valence-corrected chi connectivity index (χ0v) is 11.8. The fourth-order valence-electron chi connectivity index (χ4n) is 1.18. The summed E-state index contributed by atoms with van der Waals surface area (Å²) >= 11 is 5.06. The summed E-state index contributed by atoms with van der Waals surface area (Å²) in [7, 11) is 0. The number of hydrogen-bond acceptors (Lipinski definition) is 1. The fourth-order valence-corrected chi connectivity index (χ4v) is 2.59. The van der Waals surface area contributed by atoms with Crippen LogP contribution in [0.5, 0.6) is 0 Å². The van der Waals surface area contributed by atoms with Gasteiger partial charge in [-0.25, -0.2) is 0 Å². The van der Waals surface area contributed by atoms with Gasteiger partial charge in [0.1, 0.15) is 0 Å². The van der Waals surface area contributed by atoms with E-state index in [0.29, 0.717) is 5.69 Å². The summed E-state index contributed by atoms with van der Waals surface area (Å²) in [6, 6.07) is 15.9. The van der Waals surface area contributed by atoms with E-state index in [2.05, 4.69) is 28.1 Å². The van der Waals surface area contributed by atoms with E-state index in [9.17, 15) is 0 Å². The van der Waals surface area contributed by atoms with Crippen molar-refractivity contribution >= 4 is 33.4 Å². The van der Waals surface area contributed by atoms with Crippen molar-refractivity contribution < 1.29 is 17.1 Å². The molecule has 2 aromatic carbocycles. The molecule has 0 saturated carbocycles. The molecule has 0 bridgehead atoms. The zero-order valence-electron chi connectivity index (χ0n) is 8.26.